The molecule has 5 rings (SSSR count). The first-order valence-electron chi connectivity index (χ1n) is 12.2. The van der Waals surface area contributed by atoms with Gasteiger partial charge in [0.1, 0.15) is 5.75 Å². The molecule has 194 valence electrons. The number of carbonyl (C=O) groups excluding carboxylic acids is 2. The van der Waals surface area contributed by atoms with Gasteiger partial charge in [-0.05, 0) is 65.4 Å². The summed E-state index contributed by atoms with van der Waals surface area (Å²) in [6.45, 7) is 2.50. The van der Waals surface area contributed by atoms with Crippen LogP contribution in [0.15, 0.2) is 95.9 Å². The van der Waals surface area contributed by atoms with Gasteiger partial charge in [-0.3, -0.25) is 9.59 Å². The van der Waals surface area contributed by atoms with Crippen molar-refractivity contribution in [3.63, 3.8) is 0 Å². The molecule has 38 heavy (non-hydrogen) atoms. The molecule has 0 aliphatic carbocycles. The van der Waals surface area contributed by atoms with E-state index in [1.54, 1.807) is 48.5 Å². The van der Waals surface area contributed by atoms with E-state index in [1.807, 2.05) is 41.3 Å². The van der Waals surface area contributed by atoms with Crippen molar-refractivity contribution in [2.45, 2.75) is 4.90 Å². The van der Waals surface area contributed by atoms with E-state index in [0.717, 1.165) is 16.5 Å². The number of anilines is 2. The summed E-state index contributed by atoms with van der Waals surface area (Å²) in [6.07, 6.45) is 0. The summed E-state index contributed by atoms with van der Waals surface area (Å²) in [5.74, 6) is -1.28. The van der Waals surface area contributed by atoms with E-state index in [0.29, 0.717) is 42.5 Å². The molecule has 4 aromatic rings. The van der Waals surface area contributed by atoms with Gasteiger partial charge in [0.2, 0.25) is 5.91 Å². The number of halogens is 1. The van der Waals surface area contributed by atoms with Crippen molar-refractivity contribution in [3.05, 3.63) is 102 Å². The van der Waals surface area contributed by atoms with E-state index in [-0.39, 0.29) is 10.8 Å². The van der Waals surface area contributed by atoms with Gasteiger partial charge >= 0.3 is 0 Å². The third kappa shape index (κ3) is 5.82. The number of hydrogen-bond acceptors (Lipinski definition) is 5. The number of piperazine rings is 1. The van der Waals surface area contributed by atoms with E-state index >= 15 is 0 Å². The van der Waals surface area contributed by atoms with Crippen molar-refractivity contribution >= 4 is 55.4 Å². The molecule has 0 atom stereocenters. The molecule has 9 heteroatoms. The summed E-state index contributed by atoms with van der Waals surface area (Å²) < 4.78 is 25.6. The zero-order chi connectivity index (χ0) is 26.7. The Morgan fingerprint density at radius 1 is 0.789 bits per heavy atom. The molecule has 0 unspecified atom stereocenters. The van der Waals surface area contributed by atoms with Crippen LogP contribution in [-0.2, 0) is 14.6 Å². The van der Waals surface area contributed by atoms with Gasteiger partial charge in [0.15, 0.2) is 9.84 Å². The van der Waals surface area contributed by atoms with Crippen molar-refractivity contribution in [1.29, 1.82) is 0 Å². The van der Waals surface area contributed by atoms with Crippen LogP contribution >= 0.6 is 11.6 Å². The van der Waals surface area contributed by atoms with Gasteiger partial charge in [0, 0.05) is 48.1 Å². The number of fused-ring (bicyclic) bond motifs is 1. The number of carbonyl (C=O) groups is 2. The normalized spacial score (nSPS) is 13.9. The second kappa shape index (κ2) is 10.8. The zero-order valence-electron chi connectivity index (χ0n) is 20.5. The number of amides is 2. The first-order valence-corrected chi connectivity index (χ1v) is 14.2. The topological polar surface area (TPSA) is 86.8 Å². The number of benzene rings is 4. The third-order valence-electron chi connectivity index (χ3n) is 6.56. The second-order valence-corrected chi connectivity index (χ2v) is 11.6. The summed E-state index contributed by atoms with van der Waals surface area (Å²) >= 11 is 6.02. The summed E-state index contributed by atoms with van der Waals surface area (Å²) in [5, 5.41) is 4.95. The van der Waals surface area contributed by atoms with Crippen molar-refractivity contribution in [1.82, 2.24) is 4.90 Å². The first kappa shape index (κ1) is 25.8. The van der Waals surface area contributed by atoms with Crippen LogP contribution in [0.1, 0.15) is 10.4 Å². The molecule has 1 fully saturated rings. The fraction of sp³-hybridized carbons (Fsp3) is 0.172. The van der Waals surface area contributed by atoms with Crippen molar-refractivity contribution < 1.29 is 18.0 Å². The molecule has 1 heterocycles. The van der Waals surface area contributed by atoms with Crippen molar-refractivity contribution in [3.8, 4) is 0 Å². The molecule has 1 saturated heterocycles. The Bertz CT molecular complexity index is 1600. The van der Waals surface area contributed by atoms with Gasteiger partial charge in [0.25, 0.3) is 5.91 Å². The van der Waals surface area contributed by atoms with Crippen LogP contribution in [0, 0.1) is 0 Å². The van der Waals surface area contributed by atoms with Gasteiger partial charge in [0.05, 0.1) is 4.90 Å². The van der Waals surface area contributed by atoms with Gasteiger partial charge in [-0.15, -0.1) is 0 Å². The summed E-state index contributed by atoms with van der Waals surface area (Å²) in [7, 11) is -3.79. The van der Waals surface area contributed by atoms with E-state index in [2.05, 4.69) is 10.2 Å². The van der Waals surface area contributed by atoms with Gasteiger partial charge < -0.3 is 15.1 Å². The lowest BCUT2D eigenvalue weighted by Crippen LogP contribution is -2.48. The van der Waals surface area contributed by atoms with Crippen LogP contribution in [-0.4, -0.2) is 57.1 Å². The molecule has 4 aromatic carbocycles. The minimum atomic E-state index is -3.79. The molecule has 1 aliphatic rings. The van der Waals surface area contributed by atoms with Gasteiger partial charge in [-0.1, -0.05) is 48.0 Å². The average molecular weight is 548 g/mol. The van der Waals surface area contributed by atoms with Crippen LogP contribution in [0.4, 0.5) is 11.4 Å². The largest absolute Gasteiger partial charge is 0.368 e. The number of rotatable bonds is 6. The lowest BCUT2D eigenvalue weighted by Gasteiger charge is -2.36. The molecule has 1 N–H and O–H groups in total. The molecule has 0 bridgehead atoms. The maximum Gasteiger partial charge on any atom is 0.254 e. The Labute approximate surface area is 226 Å². The van der Waals surface area contributed by atoms with Gasteiger partial charge in [-0.2, -0.15) is 0 Å². The monoisotopic (exact) mass is 547 g/mol. The highest BCUT2D eigenvalue weighted by Crippen LogP contribution is 2.22. The first-order chi connectivity index (χ1) is 18.3. The highest BCUT2D eigenvalue weighted by molar-refractivity contribution is 7.92. The maximum atomic E-state index is 12.8. The summed E-state index contributed by atoms with van der Waals surface area (Å²) in [6, 6.07) is 26.5. The number of nitrogens with zero attached hydrogens (tertiary/aromatic N) is 2. The Balaban J connectivity index is 1.16. The fourth-order valence-corrected chi connectivity index (χ4v) is 5.90. The van der Waals surface area contributed by atoms with Crippen LogP contribution in [0.3, 0.4) is 0 Å². The molecule has 0 saturated carbocycles. The van der Waals surface area contributed by atoms with Crippen LogP contribution in [0.2, 0.25) is 5.02 Å². The average Bonchev–Trinajstić information content (AvgIpc) is 2.92. The minimum Gasteiger partial charge on any atom is -0.368 e. The molecule has 0 spiro atoms. The van der Waals surface area contributed by atoms with E-state index in [9.17, 15) is 18.0 Å². The summed E-state index contributed by atoms with van der Waals surface area (Å²) in [4.78, 5) is 29.4. The predicted molar refractivity (Wildman–Crippen MR) is 151 cm³/mol. The number of hydrogen-bond donors (Lipinski definition) is 1. The van der Waals surface area contributed by atoms with Crippen LogP contribution in [0.5, 0.6) is 0 Å². The lowest BCUT2D eigenvalue weighted by atomic mass is 10.1. The summed E-state index contributed by atoms with van der Waals surface area (Å²) in [5.41, 5.74) is 2.05. The highest BCUT2D eigenvalue weighted by atomic mass is 35.5. The molecular weight excluding hydrogens is 522 g/mol. The minimum absolute atomic E-state index is 0.0381. The van der Waals surface area contributed by atoms with Crippen molar-refractivity contribution in [2.75, 3.05) is 42.1 Å². The second-order valence-electron chi connectivity index (χ2n) is 9.15. The van der Waals surface area contributed by atoms with E-state index < -0.39 is 21.5 Å². The molecule has 0 aromatic heterocycles. The quantitative estimate of drug-likeness (QED) is 0.372. The van der Waals surface area contributed by atoms with Crippen LogP contribution in [0.25, 0.3) is 10.8 Å². The molecule has 0 radical (unpaired) electrons. The van der Waals surface area contributed by atoms with E-state index in [4.69, 9.17) is 11.6 Å². The van der Waals surface area contributed by atoms with Gasteiger partial charge in [-0.25, -0.2) is 8.42 Å². The number of nitrogens with one attached hydrogen (secondary N) is 1. The smallest absolute Gasteiger partial charge is 0.254 e. The van der Waals surface area contributed by atoms with Crippen molar-refractivity contribution in [2.24, 2.45) is 0 Å². The maximum absolute atomic E-state index is 12.8. The predicted octanol–water partition coefficient (Wildman–Crippen LogP) is 4.87. The SMILES string of the molecule is O=C(CS(=O)(=O)c1ccc2ccccc2c1)Nc1ccc(N2CCN(C(=O)c3cccc(Cl)c3)CC2)cc1. The molecule has 2 amide bonds. The van der Waals surface area contributed by atoms with E-state index in [1.165, 1.54) is 6.07 Å². The Kier molecular flexibility index (Phi) is 7.35. The lowest BCUT2D eigenvalue weighted by molar-refractivity contribution is -0.113. The third-order valence-corrected chi connectivity index (χ3v) is 8.41. The Morgan fingerprint density at radius 2 is 1.50 bits per heavy atom. The highest BCUT2D eigenvalue weighted by Gasteiger charge is 2.23. The van der Waals surface area contributed by atoms with Crippen LogP contribution < -0.4 is 10.2 Å². The standard InChI is InChI=1S/C29H26ClN3O4S/c30-24-7-3-6-23(18-24)29(35)33-16-14-32(15-17-33)26-11-9-25(10-12-26)31-28(34)20-38(36,37)27-13-8-21-4-1-2-5-22(21)19-27/h1-13,18-19H,14-17,20H2,(H,31,34). The molecule has 1 aliphatic heterocycles. The molecular formula is C29H26ClN3O4S. The zero-order valence-corrected chi connectivity index (χ0v) is 22.1. The Morgan fingerprint density at radius 3 is 2.21 bits per heavy atom. The fourth-order valence-electron chi connectivity index (χ4n) is 4.54. The Hall–Kier alpha value is -3.88. The molecule has 7 nitrogen and oxygen atoms in total. The number of sulfone groups is 1.